The molecule has 0 radical (unpaired) electrons. The molecule has 0 aliphatic carbocycles. The van der Waals surface area contributed by atoms with Gasteiger partial charge in [-0.1, -0.05) is 36.4 Å². The van der Waals surface area contributed by atoms with E-state index >= 15 is 0 Å². The Labute approximate surface area is 110 Å². The Morgan fingerprint density at radius 2 is 1.84 bits per heavy atom. The molecule has 2 aromatic carbocycles. The zero-order valence-electron chi connectivity index (χ0n) is 10.3. The number of halogens is 1. The smallest absolute Gasteiger partial charge is 0.337 e. The maximum atomic E-state index is 13.6. The van der Waals surface area contributed by atoms with Crippen LogP contribution in [0.2, 0.25) is 0 Å². The molecule has 0 aliphatic heterocycles. The van der Waals surface area contributed by atoms with E-state index < -0.39 is 11.8 Å². The summed E-state index contributed by atoms with van der Waals surface area (Å²) >= 11 is 0. The first-order valence-electron chi connectivity index (χ1n) is 5.98. The second-order valence-electron chi connectivity index (χ2n) is 4.13. The van der Waals surface area contributed by atoms with Gasteiger partial charge in [0, 0.05) is 6.54 Å². The van der Waals surface area contributed by atoms with E-state index in [2.05, 4.69) is 5.32 Å². The van der Waals surface area contributed by atoms with E-state index in [9.17, 15) is 9.18 Å². The van der Waals surface area contributed by atoms with Crippen molar-refractivity contribution in [3.8, 4) is 0 Å². The molecule has 0 unspecified atom stereocenters. The molecule has 19 heavy (non-hydrogen) atoms. The second-order valence-corrected chi connectivity index (χ2v) is 4.13. The number of hydrogen-bond donors (Lipinski definition) is 2. The van der Waals surface area contributed by atoms with Crippen LogP contribution in [-0.2, 0) is 6.42 Å². The van der Waals surface area contributed by atoms with E-state index in [-0.39, 0.29) is 11.3 Å². The quantitative estimate of drug-likeness (QED) is 0.867. The summed E-state index contributed by atoms with van der Waals surface area (Å²) in [6, 6.07) is 13.8. The number of carbonyl (C=O) groups is 1. The molecule has 2 N–H and O–H groups in total. The fourth-order valence-corrected chi connectivity index (χ4v) is 1.86. The highest BCUT2D eigenvalue weighted by molar-refractivity contribution is 5.94. The van der Waals surface area contributed by atoms with Crippen LogP contribution < -0.4 is 5.32 Å². The lowest BCUT2D eigenvalue weighted by Crippen LogP contribution is -2.11. The molecule has 2 aromatic rings. The third-order valence-electron chi connectivity index (χ3n) is 2.80. The number of aromatic carboxylic acids is 1. The molecule has 0 heterocycles. The molecule has 0 aromatic heterocycles. The van der Waals surface area contributed by atoms with Gasteiger partial charge in [-0.15, -0.1) is 0 Å². The van der Waals surface area contributed by atoms with E-state index in [0.29, 0.717) is 13.0 Å². The van der Waals surface area contributed by atoms with E-state index in [1.807, 2.05) is 30.3 Å². The second kappa shape index (κ2) is 6.00. The molecule has 98 valence electrons. The molecule has 0 atom stereocenters. The van der Waals surface area contributed by atoms with Gasteiger partial charge in [-0.25, -0.2) is 9.18 Å². The molecule has 0 saturated heterocycles. The van der Waals surface area contributed by atoms with E-state index in [4.69, 9.17) is 5.11 Å². The Morgan fingerprint density at radius 1 is 1.11 bits per heavy atom. The highest BCUT2D eigenvalue weighted by Gasteiger charge is 2.13. The minimum absolute atomic E-state index is 0.0472. The number of hydrogen-bond acceptors (Lipinski definition) is 2. The van der Waals surface area contributed by atoms with Crippen molar-refractivity contribution in [2.75, 3.05) is 11.9 Å². The molecule has 0 aliphatic rings. The van der Waals surface area contributed by atoms with Crippen molar-refractivity contribution in [1.29, 1.82) is 0 Å². The van der Waals surface area contributed by atoms with Crippen LogP contribution >= 0.6 is 0 Å². The van der Waals surface area contributed by atoms with Gasteiger partial charge in [0.15, 0.2) is 0 Å². The van der Waals surface area contributed by atoms with E-state index in [1.54, 1.807) is 0 Å². The summed E-state index contributed by atoms with van der Waals surface area (Å²) in [6.45, 7) is 0.477. The van der Waals surface area contributed by atoms with E-state index in [1.165, 1.54) is 18.2 Å². The average Bonchev–Trinajstić information content (AvgIpc) is 2.41. The number of rotatable bonds is 5. The summed E-state index contributed by atoms with van der Waals surface area (Å²) in [5.74, 6) is -1.69. The Balaban J connectivity index is 2.05. The van der Waals surface area contributed by atoms with Crippen molar-refractivity contribution in [3.05, 3.63) is 65.5 Å². The standard InChI is InChI=1S/C15H14FNO2/c16-13-8-4-7-12(15(18)19)14(13)17-10-9-11-5-2-1-3-6-11/h1-8,17H,9-10H2,(H,18,19). The van der Waals surface area contributed by atoms with Crippen molar-refractivity contribution in [2.45, 2.75) is 6.42 Å². The van der Waals surface area contributed by atoms with Gasteiger partial charge in [0.2, 0.25) is 0 Å². The summed E-state index contributed by atoms with van der Waals surface area (Å²) < 4.78 is 13.6. The lowest BCUT2D eigenvalue weighted by Gasteiger charge is -2.10. The van der Waals surface area contributed by atoms with Gasteiger partial charge in [-0.3, -0.25) is 0 Å². The first-order chi connectivity index (χ1) is 9.18. The fourth-order valence-electron chi connectivity index (χ4n) is 1.86. The first kappa shape index (κ1) is 13.1. The molecular weight excluding hydrogens is 245 g/mol. The molecule has 3 nitrogen and oxygen atoms in total. The van der Waals surface area contributed by atoms with Crippen LogP contribution in [-0.4, -0.2) is 17.6 Å². The third-order valence-corrected chi connectivity index (χ3v) is 2.80. The van der Waals surface area contributed by atoms with Gasteiger partial charge in [-0.05, 0) is 24.1 Å². The molecule has 0 fully saturated rings. The lowest BCUT2D eigenvalue weighted by atomic mass is 10.1. The van der Waals surface area contributed by atoms with Crippen molar-refractivity contribution < 1.29 is 14.3 Å². The van der Waals surface area contributed by atoms with Crippen molar-refractivity contribution >= 4 is 11.7 Å². The molecule has 0 spiro atoms. The van der Waals surface area contributed by atoms with Gasteiger partial charge in [-0.2, -0.15) is 0 Å². The Bertz CT molecular complexity index is 570. The zero-order chi connectivity index (χ0) is 13.7. The van der Waals surface area contributed by atoms with E-state index in [0.717, 1.165) is 5.56 Å². The predicted molar refractivity (Wildman–Crippen MR) is 72.0 cm³/mol. The average molecular weight is 259 g/mol. The molecule has 0 amide bonds. The van der Waals surface area contributed by atoms with Gasteiger partial charge >= 0.3 is 5.97 Å². The summed E-state index contributed by atoms with van der Waals surface area (Å²) in [6.07, 6.45) is 0.703. The topological polar surface area (TPSA) is 49.3 Å². The number of para-hydroxylation sites is 1. The van der Waals surface area contributed by atoms with Crippen LogP contribution in [0.5, 0.6) is 0 Å². The highest BCUT2D eigenvalue weighted by Crippen LogP contribution is 2.19. The van der Waals surface area contributed by atoms with Crippen LogP contribution in [0.3, 0.4) is 0 Å². The summed E-state index contributed by atoms with van der Waals surface area (Å²) in [5.41, 5.74) is 1.11. The maximum Gasteiger partial charge on any atom is 0.337 e. The third kappa shape index (κ3) is 3.31. The van der Waals surface area contributed by atoms with Gasteiger partial charge in [0.1, 0.15) is 5.82 Å². The summed E-state index contributed by atoms with van der Waals surface area (Å²) in [4.78, 5) is 11.0. The number of carboxylic acids is 1. The predicted octanol–water partition coefficient (Wildman–Crippen LogP) is 3.18. The van der Waals surface area contributed by atoms with Crippen LogP contribution in [0.25, 0.3) is 0 Å². The zero-order valence-corrected chi connectivity index (χ0v) is 10.3. The fraction of sp³-hybridized carbons (Fsp3) is 0.133. The van der Waals surface area contributed by atoms with Gasteiger partial charge < -0.3 is 10.4 Å². The monoisotopic (exact) mass is 259 g/mol. The number of anilines is 1. The van der Waals surface area contributed by atoms with Gasteiger partial charge in [0.05, 0.1) is 11.3 Å². The minimum Gasteiger partial charge on any atom is -0.478 e. The Morgan fingerprint density at radius 3 is 2.53 bits per heavy atom. The number of carboxylic acid groups (broad SMARTS) is 1. The maximum absolute atomic E-state index is 13.6. The first-order valence-corrected chi connectivity index (χ1v) is 5.98. The number of nitrogens with one attached hydrogen (secondary N) is 1. The largest absolute Gasteiger partial charge is 0.478 e. The highest BCUT2D eigenvalue weighted by atomic mass is 19.1. The molecule has 4 heteroatoms. The van der Waals surface area contributed by atoms with Crippen molar-refractivity contribution in [2.24, 2.45) is 0 Å². The Hall–Kier alpha value is -2.36. The summed E-state index contributed by atoms with van der Waals surface area (Å²) in [5, 5.41) is 11.9. The molecular formula is C15H14FNO2. The Kier molecular flexibility index (Phi) is 4.13. The lowest BCUT2D eigenvalue weighted by molar-refractivity contribution is 0.0697. The van der Waals surface area contributed by atoms with Gasteiger partial charge in [0.25, 0.3) is 0 Å². The van der Waals surface area contributed by atoms with Crippen LogP contribution in [0, 0.1) is 5.82 Å². The van der Waals surface area contributed by atoms with Crippen LogP contribution in [0.1, 0.15) is 15.9 Å². The van der Waals surface area contributed by atoms with Crippen molar-refractivity contribution in [1.82, 2.24) is 0 Å². The summed E-state index contributed by atoms with van der Waals surface area (Å²) in [7, 11) is 0. The minimum atomic E-state index is -1.14. The number of benzene rings is 2. The van der Waals surface area contributed by atoms with Crippen molar-refractivity contribution in [3.63, 3.8) is 0 Å². The van der Waals surface area contributed by atoms with Crippen LogP contribution in [0.15, 0.2) is 48.5 Å². The SMILES string of the molecule is O=C(O)c1cccc(F)c1NCCc1ccccc1. The van der Waals surface area contributed by atoms with Crippen LogP contribution in [0.4, 0.5) is 10.1 Å². The molecule has 0 bridgehead atoms. The molecule has 2 rings (SSSR count). The molecule has 0 saturated carbocycles. The normalized spacial score (nSPS) is 10.2.